The van der Waals surface area contributed by atoms with Gasteiger partial charge in [-0.2, -0.15) is 17.8 Å². The zero-order valence-electron chi connectivity index (χ0n) is 19.2. The van der Waals surface area contributed by atoms with Crippen LogP contribution in [0, 0.1) is 0 Å². The second-order valence-corrected chi connectivity index (χ2v) is 10.8. The molecule has 1 aliphatic rings. The van der Waals surface area contributed by atoms with Gasteiger partial charge in [0.1, 0.15) is 5.76 Å². The molecule has 0 atom stereocenters. The van der Waals surface area contributed by atoms with E-state index in [-0.39, 0.29) is 0 Å². The first-order valence-electron chi connectivity index (χ1n) is 11.3. The maximum Gasteiger partial charge on any atom is 0.301 e. The summed E-state index contributed by atoms with van der Waals surface area (Å²) in [4.78, 5) is 4.35. The van der Waals surface area contributed by atoms with Gasteiger partial charge >= 0.3 is 10.2 Å². The fraction of sp³-hybridized carbons (Fsp3) is 0.333. The van der Waals surface area contributed by atoms with E-state index in [0.29, 0.717) is 28.9 Å². The van der Waals surface area contributed by atoms with Crippen molar-refractivity contribution >= 4 is 32.7 Å². The van der Waals surface area contributed by atoms with E-state index in [2.05, 4.69) is 25.7 Å². The van der Waals surface area contributed by atoms with Gasteiger partial charge in [-0.15, -0.1) is 0 Å². The number of rotatable bonds is 6. The van der Waals surface area contributed by atoms with E-state index in [1.165, 1.54) is 33.4 Å². The van der Waals surface area contributed by atoms with Crippen molar-refractivity contribution in [2.24, 2.45) is 0 Å². The summed E-state index contributed by atoms with van der Waals surface area (Å²) in [5.74, 6) is 0.871. The highest BCUT2D eigenvalue weighted by molar-refractivity contribution is 7.90. The minimum absolute atomic E-state index is 0.300. The lowest BCUT2D eigenvalue weighted by atomic mass is 9.96. The maximum absolute atomic E-state index is 12.2. The second kappa shape index (κ2) is 8.77. The molecule has 3 aromatic heterocycles. The van der Waals surface area contributed by atoms with E-state index >= 15 is 0 Å². The first kappa shape index (κ1) is 22.4. The molecule has 3 heterocycles. The number of nitrogens with two attached hydrogens (primary N) is 1. The normalized spacial score (nSPS) is 15.3. The van der Waals surface area contributed by atoms with Gasteiger partial charge in [-0.1, -0.05) is 31.4 Å². The number of nitrogens with one attached hydrogen (secondary N) is 1. The van der Waals surface area contributed by atoms with Crippen LogP contribution in [0.2, 0.25) is 0 Å². The van der Waals surface area contributed by atoms with Crippen LogP contribution in [-0.4, -0.2) is 41.6 Å². The standard InChI is InChI=1S/C24H28N6O3S/c1-29(2)34(31,32)28-18-8-6-7-16(11-18)22-12-20-21(14-26-24(25)23(20)33-22)17-13-27-30(15-17)19-9-4-3-5-10-19/h6-8,11-15,19,28H,3-5,9-10H2,1-2H3,(H2,25,26). The SMILES string of the molecule is CN(C)S(=O)(=O)Nc1cccc(-c2cc3c(-c4cnn(C5CCCCC5)c4)cnc(N)c3o2)c1. The van der Waals surface area contributed by atoms with Crippen molar-refractivity contribution in [2.75, 3.05) is 24.6 Å². The van der Waals surface area contributed by atoms with Crippen molar-refractivity contribution in [3.63, 3.8) is 0 Å². The first-order valence-corrected chi connectivity index (χ1v) is 12.8. The van der Waals surface area contributed by atoms with E-state index in [0.717, 1.165) is 39.2 Å². The van der Waals surface area contributed by atoms with E-state index in [4.69, 9.17) is 10.2 Å². The van der Waals surface area contributed by atoms with Crippen molar-refractivity contribution in [2.45, 2.75) is 38.1 Å². The first-order chi connectivity index (χ1) is 16.3. The Morgan fingerprint density at radius 2 is 1.91 bits per heavy atom. The Hall–Kier alpha value is -3.37. The molecule has 4 aromatic rings. The fourth-order valence-electron chi connectivity index (χ4n) is 4.41. The summed E-state index contributed by atoms with van der Waals surface area (Å²) in [5.41, 5.74) is 9.65. The Kier molecular flexibility index (Phi) is 5.78. The molecular formula is C24H28N6O3S. The molecule has 1 fully saturated rings. The van der Waals surface area contributed by atoms with Crippen molar-refractivity contribution in [3.8, 4) is 22.5 Å². The molecule has 0 unspecified atom stereocenters. The van der Waals surface area contributed by atoms with Gasteiger partial charge in [0.25, 0.3) is 0 Å². The lowest BCUT2D eigenvalue weighted by Gasteiger charge is -2.21. The smallest absolute Gasteiger partial charge is 0.301 e. The molecule has 0 radical (unpaired) electrons. The van der Waals surface area contributed by atoms with E-state index in [1.807, 2.05) is 18.3 Å². The van der Waals surface area contributed by atoms with Crippen molar-refractivity contribution < 1.29 is 12.8 Å². The number of nitrogens with zero attached hydrogens (tertiary/aromatic N) is 4. The third-order valence-corrected chi connectivity index (χ3v) is 7.78. The number of nitrogen functional groups attached to an aromatic ring is 1. The van der Waals surface area contributed by atoms with Gasteiger partial charge in [0.2, 0.25) is 0 Å². The molecular weight excluding hydrogens is 452 g/mol. The van der Waals surface area contributed by atoms with Crippen LogP contribution in [0.4, 0.5) is 11.5 Å². The van der Waals surface area contributed by atoms with Crippen LogP contribution in [-0.2, 0) is 10.2 Å². The Labute approximate surface area is 198 Å². The third-order valence-electron chi connectivity index (χ3n) is 6.32. The maximum atomic E-state index is 12.2. The number of hydrogen-bond donors (Lipinski definition) is 2. The van der Waals surface area contributed by atoms with E-state index < -0.39 is 10.2 Å². The van der Waals surface area contributed by atoms with Crippen LogP contribution in [0.3, 0.4) is 0 Å². The summed E-state index contributed by atoms with van der Waals surface area (Å²) in [6.07, 6.45) is 11.8. The monoisotopic (exact) mass is 480 g/mol. The van der Waals surface area contributed by atoms with Gasteiger partial charge in [0.15, 0.2) is 11.4 Å². The molecule has 0 amide bonds. The highest BCUT2D eigenvalue weighted by Gasteiger charge is 2.20. The quantitative estimate of drug-likeness (QED) is 0.414. The molecule has 1 aromatic carbocycles. The Morgan fingerprint density at radius 3 is 2.68 bits per heavy atom. The van der Waals surface area contributed by atoms with Crippen molar-refractivity contribution in [1.82, 2.24) is 19.1 Å². The molecule has 3 N–H and O–H groups in total. The lowest BCUT2D eigenvalue weighted by Crippen LogP contribution is -2.28. The van der Waals surface area contributed by atoms with Crippen LogP contribution in [0.5, 0.6) is 0 Å². The summed E-state index contributed by atoms with van der Waals surface area (Å²) in [6.45, 7) is 0. The number of pyridine rings is 1. The van der Waals surface area contributed by atoms with Crippen molar-refractivity contribution in [3.05, 3.63) is 48.9 Å². The third kappa shape index (κ3) is 4.26. The molecule has 1 saturated carbocycles. The van der Waals surface area contributed by atoms with Crippen LogP contribution < -0.4 is 10.5 Å². The number of furan rings is 1. The predicted octanol–water partition coefficient (Wildman–Crippen LogP) is 4.66. The minimum atomic E-state index is -3.62. The summed E-state index contributed by atoms with van der Waals surface area (Å²) in [6, 6.07) is 9.40. The summed E-state index contributed by atoms with van der Waals surface area (Å²) in [7, 11) is -0.675. The van der Waals surface area contributed by atoms with Gasteiger partial charge in [-0.05, 0) is 31.0 Å². The van der Waals surface area contributed by atoms with E-state index in [9.17, 15) is 8.42 Å². The van der Waals surface area contributed by atoms with Crippen LogP contribution >= 0.6 is 0 Å². The van der Waals surface area contributed by atoms with Gasteiger partial charge in [-0.3, -0.25) is 9.40 Å². The molecule has 0 saturated heterocycles. The Morgan fingerprint density at radius 1 is 1.12 bits per heavy atom. The van der Waals surface area contributed by atoms with Crippen LogP contribution in [0.15, 0.2) is 53.3 Å². The van der Waals surface area contributed by atoms with Gasteiger partial charge in [-0.25, -0.2) is 4.98 Å². The number of benzene rings is 1. The molecule has 0 bridgehead atoms. The van der Waals surface area contributed by atoms with Gasteiger partial charge < -0.3 is 10.2 Å². The topological polar surface area (TPSA) is 119 Å². The minimum Gasteiger partial charge on any atom is -0.452 e. The largest absolute Gasteiger partial charge is 0.452 e. The number of anilines is 2. The summed E-state index contributed by atoms with van der Waals surface area (Å²) >= 11 is 0. The van der Waals surface area contributed by atoms with Crippen molar-refractivity contribution in [1.29, 1.82) is 0 Å². The van der Waals surface area contributed by atoms with Gasteiger partial charge in [0, 0.05) is 48.6 Å². The Balaban J connectivity index is 1.51. The van der Waals surface area contributed by atoms with Gasteiger partial charge in [0.05, 0.1) is 17.9 Å². The zero-order chi connectivity index (χ0) is 23.9. The predicted molar refractivity (Wildman–Crippen MR) is 133 cm³/mol. The molecule has 178 valence electrons. The zero-order valence-corrected chi connectivity index (χ0v) is 20.0. The highest BCUT2D eigenvalue weighted by Crippen LogP contribution is 2.37. The lowest BCUT2D eigenvalue weighted by molar-refractivity contribution is 0.329. The molecule has 5 rings (SSSR count). The number of fused-ring (bicyclic) bond motifs is 1. The second-order valence-electron chi connectivity index (χ2n) is 8.88. The molecule has 0 spiro atoms. The average molecular weight is 481 g/mol. The van der Waals surface area contributed by atoms with E-state index in [1.54, 1.807) is 24.4 Å². The molecule has 9 nitrogen and oxygen atoms in total. The molecule has 1 aliphatic carbocycles. The number of hydrogen-bond acceptors (Lipinski definition) is 6. The summed E-state index contributed by atoms with van der Waals surface area (Å²) in [5, 5.41) is 5.47. The Bertz CT molecular complexity index is 1430. The number of aromatic nitrogens is 3. The highest BCUT2D eigenvalue weighted by atomic mass is 32.2. The fourth-order valence-corrected chi connectivity index (χ4v) is 5.02. The molecule has 10 heteroatoms. The molecule has 0 aliphatic heterocycles. The van der Waals surface area contributed by atoms with Crippen LogP contribution in [0.1, 0.15) is 38.1 Å². The summed E-state index contributed by atoms with van der Waals surface area (Å²) < 4.78 is 36.3. The average Bonchev–Trinajstić information content (AvgIpc) is 3.48. The molecule has 34 heavy (non-hydrogen) atoms. The van der Waals surface area contributed by atoms with Crippen LogP contribution in [0.25, 0.3) is 33.4 Å².